The minimum absolute atomic E-state index is 0.139. The van der Waals surface area contributed by atoms with E-state index in [1.807, 2.05) is 0 Å². The smallest absolute Gasteiger partial charge is 0.462 e. The molecule has 0 aliphatic rings. The zero-order chi connectivity index (χ0) is 47.0. The van der Waals surface area contributed by atoms with Gasteiger partial charge in [-0.1, -0.05) is 178 Å². The number of phosphoric ester groups is 1. The molecule has 0 aromatic heterocycles. The standard InChI is InChI=1S/C52H91O11P/c1-4-7-10-13-16-19-21-22-23-24-25-26-28-31-34-37-40-43-52(56)63-49(45-59-50(54)41-38-35-32-29-18-15-12-9-6-3)47-61-64(57,58)60-46-48(44-53)62-51(55)42-39-36-33-30-27-20-17-14-11-8-5-2/h7,10,14,16-17,19,22-23,25-26,48-49,53H,4-6,8-9,11-13,15,18,20-21,24,27-47H2,1-3H3,(H,57,58)/b10-7-,17-14-,19-16-,23-22-,26-25-. The van der Waals surface area contributed by atoms with E-state index in [1.165, 1.54) is 44.9 Å². The van der Waals surface area contributed by atoms with Crippen LogP contribution in [0.1, 0.15) is 213 Å². The van der Waals surface area contributed by atoms with Crippen LogP contribution in [0.15, 0.2) is 60.8 Å². The van der Waals surface area contributed by atoms with Crippen LogP contribution >= 0.6 is 7.82 Å². The number of esters is 3. The van der Waals surface area contributed by atoms with Gasteiger partial charge >= 0.3 is 25.7 Å². The van der Waals surface area contributed by atoms with E-state index in [0.29, 0.717) is 19.3 Å². The van der Waals surface area contributed by atoms with Crippen LogP contribution < -0.4 is 0 Å². The molecule has 0 aliphatic carbocycles. The lowest BCUT2D eigenvalue weighted by Crippen LogP contribution is -2.30. The molecule has 0 rings (SSSR count). The van der Waals surface area contributed by atoms with Crippen LogP contribution in [0.5, 0.6) is 0 Å². The summed E-state index contributed by atoms with van der Waals surface area (Å²) in [5.41, 5.74) is 0. The molecule has 12 heteroatoms. The Labute approximate surface area is 389 Å². The van der Waals surface area contributed by atoms with Gasteiger partial charge in [0, 0.05) is 19.3 Å². The number of allylic oxidation sites excluding steroid dienone is 10. The van der Waals surface area contributed by atoms with E-state index < -0.39 is 57.8 Å². The number of unbranched alkanes of at least 4 members (excludes halogenated alkanes) is 19. The second kappa shape index (κ2) is 46.7. The average Bonchev–Trinajstić information content (AvgIpc) is 3.28. The minimum atomic E-state index is -4.74. The summed E-state index contributed by atoms with van der Waals surface area (Å²) in [6, 6.07) is 0. The number of carbonyl (C=O) groups excluding carboxylic acids is 3. The van der Waals surface area contributed by atoms with Gasteiger partial charge in [-0.2, -0.15) is 0 Å². The Bertz CT molecular complexity index is 1310. The summed E-state index contributed by atoms with van der Waals surface area (Å²) in [6.45, 7) is 4.41. The summed E-state index contributed by atoms with van der Waals surface area (Å²) in [6.07, 6.45) is 47.7. The topological polar surface area (TPSA) is 155 Å². The van der Waals surface area contributed by atoms with Gasteiger partial charge in [-0.15, -0.1) is 0 Å². The van der Waals surface area contributed by atoms with E-state index in [9.17, 15) is 28.9 Å². The molecule has 0 saturated carbocycles. The monoisotopic (exact) mass is 923 g/mol. The lowest BCUT2D eigenvalue weighted by atomic mass is 10.1. The fourth-order valence-electron chi connectivity index (χ4n) is 6.56. The van der Waals surface area contributed by atoms with E-state index in [2.05, 4.69) is 81.5 Å². The van der Waals surface area contributed by atoms with Crippen LogP contribution in [0.2, 0.25) is 0 Å². The maximum Gasteiger partial charge on any atom is 0.472 e. The maximum atomic E-state index is 12.8. The highest BCUT2D eigenvalue weighted by atomic mass is 31.2. The van der Waals surface area contributed by atoms with Gasteiger partial charge in [0.05, 0.1) is 19.8 Å². The third kappa shape index (κ3) is 44.4. The highest BCUT2D eigenvalue weighted by Gasteiger charge is 2.28. The Morgan fingerprint density at radius 1 is 0.453 bits per heavy atom. The van der Waals surface area contributed by atoms with Crippen LogP contribution in [0.3, 0.4) is 0 Å². The molecule has 0 saturated heterocycles. The Morgan fingerprint density at radius 3 is 1.31 bits per heavy atom. The average molecular weight is 923 g/mol. The molecule has 0 radical (unpaired) electrons. The third-order valence-corrected chi connectivity index (χ3v) is 11.4. The summed E-state index contributed by atoms with van der Waals surface area (Å²) in [7, 11) is -4.74. The van der Waals surface area contributed by atoms with Crippen LogP contribution in [0.25, 0.3) is 0 Å². The van der Waals surface area contributed by atoms with Gasteiger partial charge in [-0.3, -0.25) is 23.4 Å². The molecule has 0 aromatic carbocycles. The van der Waals surface area contributed by atoms with Crippen molar-refractivity contribution in [3.05, 3.63) is 60.8 Å². The zero-order valence-corrected chi connectivity index (χ0v) is 41.4. The van der Waals surface area contributed by atoms with E-state index in [1.54, 1.807) is 0 Å². The first-order chi connectivity index (χ1) is 31.2. The molecule has 11 nitrogen and oxygen atoms in total. The Hall–Kier alpha value is -2.82. The van der Waals surface area contributed by atoms with E-state index in [0.717, 1.165) is 109 Å². The molecular weight excluding hydrogens is 832 g/mol. The molecule has 0 bridgehead atoms. The van der Waals surface area contributed by atoms with Crippen molar-refractivity contribution >= 4 is 25.7 Å². The highest BCUT2D eigenvalue weighted by Crippen LogP contribution is 2.43. The predicted molar refractivity (Wildman–Crippen MR) is 261 cm³/mol. The molecular formula is C52H91O11P. The number of hydrogen-bond donors (Lipinski definition) is 2. The number of aliphatic hydroxyl groups excluding tert-OH is 1. The number of carbonyl (C=O) groups is 3. The van der Waals surface area contributed by atoms with Gasteiger partial charge < -0.3 is 24.2 Å². The molecule has 0 fully saturated rings. The molecule has 0 aliphatic heterocycles. The van der Waals surface area contributed by atoms with E-state index in [-0.39, 0.29) is 25.9 Å². The van der Waals surface area contributed by atoms with Crippen LogP contribution in [-0.4, -0.2) is 66.5 Å². The van der Waals surface area contributed by atoms with Crippen molar-refractivity contribution in [3.63, 3.8) is 0 Å². The van der Waals surface area contributed by atoms with Crippen molar-refractivity contribution in [2.24, 2.45) is 0 Å². The minimum Gasteiger partial charge on any atom is -0.462 e. The van der Waals surface area contributed by atoms with E-state index >= 15 is 0 Å². The normalized spacial score (nSPS) is 14.0. The quantitative estimate of drug-likeness (QED) is 0.0197. The first kappa shape index (κ1) is 61.2. The summed E-state index contributed by atoms with van der Waals surface area (Å²) in [4.78, 5) is 48.1. The van der Waals surface area contributed by atoms with Crippen LogP contribution in [0.4, 0.5) is 0 Å². The number of aliphatic hydroxyl groups is 1. The van der Waals surface area contributed by atoms with Crippen LogP contribution in [0, 0.1) is 0 Å². The number of hydrogen-bond acceptors (Lipinski definition) is 10. The largest absolute Gasteiger partial charge is 0.472 e. The SMILES string of the molecule is CC/C=C\C/C=C\C/C=C\C/C=C\CCCCCCC(=O)OC(COC(=O)CCCCCCCCCCC)COP(=O)(O)OCC(CO)OC(=O)CCCCCCC/C=C\CCCC. The summed E-state index contributed by atoms with van der Waals surface area (Å²) >= 11 is 0. The third-order valence-electron chi connectivity index (χ3n) is 10.4. The van der Waals surface area contributed by atoms with Gasteiger partial charge in [0.1, 0.15) is 12.7 Å². The molecule has 0 aromatic rings. The van der Waals surface area contributed by atoms with Crippen LogP contribution in [-0.2, 0) is 42.2 Å². The van der Waals surface area contributed by atoms with Crippen molar-refractivity contribution in [3.8, 4) is 0 Å². The molecule has 0 heterocycles. The fraction of sp³-hybridized carbons (Fsp3) is 0.750. The fourth-order valence-corrected chi connectivity index (χ4v) is 7.35. The van der Waals surface area contributed by atoms with Gasteiger partial charge in [0.2, 0.25) is 0 Å². The van der Waals surface area contributed by atoms with Gasteiger partial charge in [-0.25, -0.2) is 4.57 Å². The second-order valence-electron chi connectivity index (χ2n) is 16.6. The Morgan fingerprint density at radius 2 is 0.828 bits per heavy atom. The number of rotatable bonds is 46. The van der Waals surface area contributed by atoms with Gasteiger partial charge in [0.25, 0.3) is 0 Å². The molecule has 2 N–H and O–H groups in total. The summed E-state index contributed by atoms with van der Waals surface area (Å²) < 4.78 is 39.2. The van der Waals surface area contributed by atoms with Crippen molar-refractivity contribution in [1.82, 2.24) is 0 Å². The molecule has 3 atom stereocenters. The Balaban J connectivity index is 4.76. The van der Waals surface area contributed by atoms with Gasteiger partial charge in [-0.05, 0) is 77.0 Å². The van der Waals surface area contributed by atoms with Gasteiger partial charge in [0.15, 0.2) is 6.10 Å². The maximum absolute atomic E-state index is 12.8. The first-order valence-corrected chi connectivity index (χ1v) is 26.7. The zero-order valence-electron chi connectivity index (χ0n) is 40.5. The van der Waals surface area contributed by atoms with E-state index in [4.69, 9.17) is 23.3 Å². The van der Waals surface area contributed by atoms with Crippen molar-refractivity contribution < 1.29 is 52.2 Å². The molecule has 370 valence electrons. The lowest BCUT2D eigenvalue weighted by Gasteiger charge is -2.21. The highest BCUT2D eigenvalue weighted by molar-refractivity contribution is 7.47. The lowest BCUT2D eigenvalue weighted by molar-refractivity contribution is -0.161. The predicted octanol–water partition coefficient (Wildman–Crippen LogP) is 14.0. The number of phosphoric acid groups is 1. The Kier molecular flexibility index (Phi) is 44.6. The molecule has 64 heavy (non-hydrogen) atoms. The first-order valence-electron chi connectivity index (χ1n) is 25.2. The number of ether oxygens (including phenoxy) is 3. The second-order valence-corrected chi connectivity index (χ2v) is 18.1. The van der Waals surface area contributed by atoms with Crippen molar-refractivity contribution in [1.29, 1.82) is 0 Å². The summed E-state index contributed by atoms with van der Waals surface area (Å²) in [5.74, 6) is -1.51. The van der Waals surface area contributed by atoms with Crippen molar-refractivity contribution in [2.45, 2.75) is 226 Å². The molecule has 0 amide bonds. The molecule has 3 unspecified atom stereocenters. The summed E-state index contributed by atoms with van der Waals surface area (Å²) in [5, 5.41) is 9.74. The molecule has 0 spiro atoms. The van der Waals surface area contributed by atoms with Crippen molar-refractivity contribution in [2.75, 3.05) is 26.4 Å².